The Morgan fingerprint density at radius 3 is 0.950 bits per heavy atom. The summed E-state index contributed by atoms with van der Waals surface area (Å²) in [6, 6.07) is 16.3. The molecular weight excluding hydrogens is 376 g/mol. The van der Waals surface area contributed by atoms with Gasteiger partial charge in [0, 0.05) is 8.95 Å². The molecular formula is C18H26Br2. The number of hydrogen-bond donors (Lipinski definition) is 0. The molecule has 0 aliphatic carbocycles. The van der Waals surface area contributed by atoms with E-state index in [0.717, 1.165) is 0 Å². The largest absolute Gasteiger partial charge is 0.0683 e. The van der Waals surface area contributed by atoms with E-state index in [9.17, 15) is 0 Å². The zero-order chi connectivity index (χ0) is 16.0. The van der Waals surface area contributed by atoms with Gasteiger partial charge in [-0.05, 0) is 37.1 Å². The van der Waals surface area contributed by atoms with Crippen molar-refractivity contribution in [2.75, 3.05) is 0 Å². The molecule has 0 aliphatic heterocycles. The zero-order valence-electron chi connectivity index (χ0n) is 13.4. The highest BCUT2D eigenvalue weighted by atomic mass is 79.9. The zero-order valence-corrected chi connectivity index (χ0v) is 16.5. The van der Waals surface area contributed by atoms with Gasteiger partial charge in [0.1, 0.15) is 0 Å². The predicted molar refractivity (Wildman–Crippen MR) is 100 cm³/mol. The third-order valence-corrected chi connectivity index (χ3v) is 3.93. The van der Waals surface area contributed by atoms with Gasteiger partial charge < -0.3 is 0 Å². The monoisotopic (exact) mass is 400 g/mol. The van der Waals surface area contributed by atoms with Gasteiger partial charge in [-0.15, -0.1) is 0 Å². The third-order valence-electron chi connectivity index (χ3n) is 2.15. The van der Waals surface area contributed by atoms with Gasteiger partial charge in [-0.2, -0.15) is 0 Å². The highest BCUT2D eigenvalue weighted by Crippen LogP contribution is 2.13. The molecule has 0 spiro atoms. The lowest BCUT2D eigenvalue weighted by Gasteiger charge is -1.91. The number of benzene rings is 2. The molecule has 0 heterocycles. The van der Waals surface area contributed by atoms with Gasteiger partial charge in [0.2, 0.25) is 0 Å². The van der Waals surface area contributed by atoms with Crippen molar-refractivity contribution in [3.63, 3.8) is 0 Å². The van der Waals surface area contributed by atoms with Crippen molar-refractivity contribution in [1.82, 2.24) is 0 Å². The van der Waals surface area contributed by atoms with Crippen molar-refractivity contribution >= 4 is 31.9 Å². The Labute approximate surface area is 141 Å². The second-order valence-electron chi connectivity index (χ2n) is 3.50. The van der Waals surface area contributed by atoms with Crippen molar-refractivity contribution in [2.24, 2.45) is 0 Å². The highest BCUT2D eigenvalue weighted by Gasteiger charge is 1.86. The number of rotatable bonds is 0. The maximum absolute atomic E-state index is 3.40. The van der Waals surface area contributed by atoms with Gasteiger partial charge in [-0.25, -0.2) is 0 Å². The van der Waals surface area contributed by atoms with E-state index in [1.807, 2.05) is 64.1 Å². The van der Waals surface area contributed by atoms with Crippen LogP contribution < -0.4 is 0 Å². The van der Waals surface area contributed by atoms with Crippen LogP contribution in [0.4, 0.5) is 0 Å². The topological polar surface area (TPSA) is 0 Å². The van der Waals surface area contributed by atoms with Crippen molar-refractivity contribution < 1.29 is 0 Å². The van der Waals surface area contributed by atoms with E-state index < -0.39 is 0 Å². The average Bonchev–Trinajstić information content (AvgIpc) is 2.50. The minimum absolute atomic E-state index is 1.18. The van der Waals surface area contributed by atoms with E-state index in [-0.39, 0.29) is 0 Å². The van der Waals surface area contributed by atoms with E-state index >= 15 is 0 Å². The van der Waals surface area contributed by atoms with Crippen molar-refractivity contribution in [3.8, 4) is 0 Å². The molecule has 0 aliphatic rings. The van der Waals surface area contributed by atoms with E-state index in [1.54, 1.807) is 0 Å². The molecule has 112 valence electrons. The van der Waals surface area contributed by atoms with Crippen molar-refractivity contribution in [1.29, 1.82) is 0 Å². The Bertz CT molecular complexity index is 365. The molecule has 0 fully saturated rings. The summed E-state index contributed by atoms with van der Waals surface area (Å²) in [6.07, 6.45) is 0. The molecule has 20 heavy (non-hydrogen) atoms. The molecule has 0 radical (unpaired) electrons. The molecule has 0 atom stereocenters. The summed E-state index contributed by atoms with van der Waals surface area (Å²) in [7, 11) is 0. The lowest BCUT2D eigenvalue weighted by Crippen LogP contribution is -1.69. The van der Waals surface area contributed by atoms with Crippen LogP contribution in [-0.2, 0) is 0 Å². The smallest absolute Gasteiger partial charge is 0.0204 e. The van der Waals surface area contributed by atoms with Gasteiger partial charge in [-0.3, -0.25) is 0 Å². The van der Waals surface area contributed by atoms with Gasteiger partial charge in [0.15, 0.2) is 0 Å². The number of halogens is 2. The van der Waals surface area contributed by atoms with Gasteiger partial charge in [-0.1, -0.05) is 96.0 Å². The molecule has 0 aromatic heterocycles. The predicted octanol–water partition coefficient (Wildman–Crippen LogP) is 7.57. The van der Waals surface area contributed by atoms with Crippen LogP contribution >= 0.6 is 31.9 Å². The molecule has 0 saturated carbocycles. The Balaban J connectivity index is 0. The minimum atomic E-state index is 1.18. The molecule has 2 aromatic carbocycles. The van der Waals surface area contributed by atoms with Gasteiger partial charge in [0.25, 0.3) is 0 Å². The fourth-order valence-corrected chi connectivity index (χ4v) is 1.67. The minimum Gasteiger partial charge on any atom is -0.0683 e. The Kier molecular flexibility index (Phi) is 16.1. The normalized spacial score (nSPS) is 8.00. The van der Waals surface area contributed by atoms with Crippen LogP contribution in [0.5, 0.6) is 0 Å². The highest BCUT2D eigenvalue weighted by molar-refractivity contribution is 9.10. The second kappa shape index (κ2) is 14.8. The van der Waals surface area contributed by atoms with Crippen LogP contribution in [0.2, 0.25) is 0 Å². The first-order chi connectivity index (χ1) is 9.61. The molecule has 2 aromatic rings. The summed E-state index contributed by atoms with van der Waals surface area (Å²) in [5.74, 6) is 0. The maximum atomic E-state index is 3.40. The van der Waals surface area contributed by atoms with Gasteiger partial charge >= 0.3 is 0 Å². The molecule has 0 unspecified atom stereocenters. The average molecular weight is 402 g/mol. The van der Waals surface area contributed by atoms with E-state index in [2.05, 4.69) is 57.8 Å². The first-order valence-corrected chi connectivity index (χ1v) is 8.62. The summed E-state index contributed by atoms with van der Waals surface area (Å²) < 4.78 is 2.36. The Morgan fingerprint density at radius 1 is 0.550 bits per heavy atom. The lowest BCUT2D eigenvalue weighted by molar-refractivity contribution is 1.43. The molecule has 2 heteroatoms. The second-order valence-corrected chi connectivity index (χ2v) is 5.21. The summed E-state index contributed by atoms with van der Waals surface area (Å²) in [5.41, 5.74) is 2.57. The van der Waals surface area contributed by atoms with Crippen LogP contribution in [-0.4, -0.2) is 0 Å². The quantitative estimate of drug-likeness (QED) is 0.426. The summed E-state index contributed by atoms with van der Waals surface area (Å²) >= 11 is 6.79. The van der Waals surface area contributed by atoms with E-state index in [4.69, 9.17) is 0 Å². The lowest BCUT2D eigenvalue weighted by atomic mass is 10.2. The number of aryl methyl sites for hydroxylation is 2. The van der Waals surface area contributed by atoms with Crippen LogP contribution in [0, 0.1) is 13.8 Å². The molecule has 0 amide bonds. The van der Waals surface area contributed by atoms with Crippen molar-refractivity contribution in [2.45, 2.75) is 41.5 Å². The first-order valence-electron chi connectivity index (χ1n) is 7.03. The molecule has 0 N–H and O–H groups in total. The molecule has 0 saturated heterocycles. The van der Waals surface area contributed by atoms with Gasteiger partial charge in [0.05, 0.1) is 0 Å². The Hall–Kier alpha value is -0.600. The maximum Gasteiger partial charge on any atom is 0.0204 e. The number of hydrogen-bond acceptors (Lipinski definition) is 0. The summed E-state index contributed by atoms with van der Waals surface area (Å²) in [5, 5.41) is 0. The fourth-order valence-electron chi connectivity index (χ4n) is 1.10. The van der Waals surface area contributed by atoms with E-state index in [0.29, 0.717) is 0 Å². The third kappa shape index (κ3) is 10.2. The fraction of sp³-hybridized carbons (Fsp3) is 0.333. The SMILES string of the molecule is CC.CC.Cc1ccccc1Br.Cc1ccccc1Br. The van der Waals surface area contributed by atoms with Crippen LogP contribution in [0.1, 0.15) is 38.8 Å². The summed E-state index contributed by atoms with van der Waals surface area (Å²) in [4.78, 5) is 0. The standard InChI is InChI=1S/2C7H7Br.2C2H6/c2*1-6-4-2-3-5-7(6)8;2*1-2/h2*2-5H,1H3;2*1-2H3. The van der Waals surface area contributed by atoms with Crippen molar-refractivity contribution in [3.05, 3.63) is 68.6 Å². The van der Waals surface area contributed by atoms with Crippen LogP contribution in [0.3, 0.4) is 0 Å². The van der Waals surface area contributed by atoms with Crippen LogP contribution in [0.15, 0.2) is 57.5 Å². The first kappa shape index (κ1) is 21.7. The molecule has 0 nitrogen and oxygen atoms in total. The molecule has 2 rings (SSSR count). The Morgan fingerprint density at radius 2 is 0.800 bits per heavy atom. The van der Waals surface area contributed by atoms with E-state index in [1.165, 1.54) is 20.1 Å². The summed E-state index contributed by atoms with van der Waals surface area (Å²) in [6.45, 7) is 12.1. The molecule has 0 bridgehead atoms. The van der Waals surface area contributed by atoms with Crippen LogP contribution in [0.25, 0.3) is 0 Å².